The number of alkyl halides is 1. The maximum absolute atomic E-state index is 6.34. The number of hydrogen-bond donors (Lipinski definition) is 0. The summed E-state index contributed by atoms with van der Waals surface area (Å²) in [7, 11) is 3.89. The molecule has 0 saturated heterocycles. The molecule has 4 rings (SSSR count). The lowest BCUT2D eigenvalue weighted by molar-refractivity contribution is 0.141. The first-order chi connectivity index (χ1) is 10.1. The maximum Gasteiger partial charge on any atom is 0.166 e. The molecule has 1 aliphatic carbocycles. The highest BCUT2D eigenvalue weighted by Crippen LogP contribution is 2.55. The van der Waals surface area contributed by atoms with Gasteiger partial charge < -0.3 is 14.4 Å². The summed E-state index contributed by atoms with van der Waals surface area (Å²) >= 11 is 6.34. The van der Waals surface area contributed by atoms with Crippen LogP contribution < -0.4 is 9.47 Å². The van der Waals surface area contributed by atoms with Gasteiger partial charge in [0.25, 0.3) is 0 Å². The van der Waals surface area contributed by atoms with Crippen molar-refractivity contribution >= 4 is 11.6 Å². The molecule has 3 atom stereocenters. The molecule has 2 heterocycles. The van der Waals surface area contributed by atoms with E-state index in [2.05, 4.69) is 30.2 Å². The Kier molecular flexibility index (Phi) is 2.98. The van der Waals surface area contributed by atoms with Crippen molar-refractivity contribution in [2.24, 2.45) is 0 Å². The Morgan fingerprint density at radius 1 is 1.43 bits per heavy atom. The predicted molar refractivity (Wildman–Crippen MR) is 83.4 cm³/mol. The quantitative estimate of drug-likeness (QED) is 0.588. The lowest BCUT2D eigenvalue weighted by Gasteiger charge is -2.35. The zero-order chi connectivity index (χ0) is 14.6. The van der Waals surface area contributed by atoms with Crippen LogP contribution in [0.15, 0.2) is 24.3 Å². The topological polar surface area (TPSA) is 21.7 Å². The van der Waals surface area contributed by atoms with Crippen LogP contribution in [0.4, 0.5) is 0 Å². The molecule has 0 radical (unpaired) electrons. The second kappa shape index (κ2) is 4.65. The number of halogens is 1. The number of allylic oxidation sites excluding steroid dienone is 1. The Morgan fingerprint density at radius 2 is 2.29 bits per heavy atom. The van der Waals surface area contributed by atoms with Crippen molar-refractivity contribution in [1.29, 1.82) is 0 Å². The molecule has 1 spiro atoms. The van der Waals surface area contributed by atoms with Crippen molar-refractivity contribution in [3.8, 4) is 11.5 Å². The van der Waals surface area contributed by atoms with E-state index in [1.165, 1.54) is 11.1 Å². The molecule has 112 valence electrons. The highest BCUT2D eigenvalue weighted by atomic mass is 35.5. The lowest BCUT2D eigenvalue weighted by atomic mass is 9.69. The lowest BCUT2D eigenvalue weighted by Crippen LogP contribution is -2.41. The molecule has 0 N–H and O–H groups in total. The van der Waals surface area contributed by atoms with E-state index in [1.54, 1.807) is 7.11 Å². The molecule has 0 bridgehead atoms. The van der Waals surface area contributed by atoms with Crippen LogP contribution >= 0.6 is 11.6 Å². The van der Waals surface area contributed by atoms with Gasteiger partial charge in [0, 0.05) is 18.5 Å². The number of benzene rings is 1. The summed E-state index contributed by atoms with van der Waals surface area (Å²) in [6.07, 6.45) is 6.50. The van der Waals surface area contributed by atoms with Crippen LogP contribution in [0, 0.1) is 0 Å². The van der Waals surface area contributed by atoms with Gasteiger partial charge in [-0.25, -0.2) is 0 Å². The molecule has 0 saturated carbocycles. The van der Waals surface area contributed by atoms with Crippen molar-refractivity contribution in [2.45, 2.75) is 36.3 Å². The number of nitrogens with zero attached hydrogens (tertiary/aromatic N) is 1. The van der Waals surface area contributed by atoms with Gasteiger partial charge in [-0.2, -0.15) is 0 Å². The maximum atomic E-state index is 6.34. The number of methoxy groups -OCH3 is 1. The Hall–Kier alpha value is -1.19. The van der Waals surface area contributed by atoms with E-state index in [0.717, 1.165) is 37.4 Å². The molecule has 3 aliphatic rings. The first-order valence-corrected chi connectivity index (χ1v) is 7.96. The molecular weight excluding hydrogens is 286 g/mol. The molecule has 0 fully saturated rings. The van der Waals surface area contributed by atoms with E-state index >= 15 is 0 Å². The fraction of sp³-hybridized carbons (Fsp3) is 0.529. The number of rotatable bonds is 1. The molecule has 21 heavy (non-hydrogen) atoms. The van der Waals surface area contributed by atoms with E-state index in [9.17, 15) is 0 Å². The summed E-state index contributed by atoms with van der Waals surface area (Å²) in [5, 5.41) is 0.0605. The van der Waals surface area contributed by atoms with Crippen LogP contribution in [0.25, 0.3) is 0 Å². The monoisotopic (exact) mass is 305 g/mol. The van der Waals surface area contributed by atoms with Gasteiger partial charge in [-0.3, -0.25) is 0 Å². The minimum Gasteiger partial charge on any atom is -0.493 e. The van der Waals surface area contributed by atoms with E-state index in [0.29, 0.717) is 0 Å². The van der Waals surface area contributed by atoms with E-state index < -0.39 is 0 Å². The van der Waals surface area contributed by atoms with Gasteiger partial charge in [-0.15, -0.1) is 11.6 Å². The number of hydrogen-bond acceptors (Lipinski definition) is 3. The Balaban J connectivity index is 1.95. The van der Waals surface area contributed by atoms with Crippen LogP contribution in [0.3, 0.4) is 0 Å². The largest absolute Gasteiger partial charge is 0.493 e. The fourth-order valence-electron chi connectivity index (χ4n) is 4.06. The molecule has 1 aromatic rings. The molecule has 0 amide bonds. The summed E-state index contributed by atoms with van der Waals surface area (Å²) in [5.41, 5.74) is 2.65. The van der Waals surface area contributed by atoms with E-state index in [1.807, 2.05) is 6.07 Å². The van der Waals surface area contributed by atoms with Gasteiger partial charge in [0.15, 0.2) is 11.5 Å². The molecule has 2 aliphatic heterocycles. The van der Waals surface area contributed by atoms with Crippen LogP contribution in [-0.2, 0) is 12.0 Å². The average Bonchev–Trinajstić information content (AvgIpc) is 2.72. The first kappa shape index (κ1) is 13.5. The van der Waals surface area contributed by atoms with Crippen molar-refractivity contribution < 1.29 is 9.47 Å². The first-order valence-electron chi connectivity index (χ1n) is 7.53. The van der Waals surface area contributed by atoms with E-state index in [-0.39, 0.29) is 16.9 Å². The standard InChI is InChI=1S/C17H20ClNO2/c1-19-8-7-17-6-5-12(18)9-14(17)21-16-13(20-2)4-3-11(10-19)15(16)17/h3-6,12,14H,7-10H2,1-2H3/t12-,14?,17+/m1/s1. The molecular formula is C17H20ClNO2. The van der Waals surface area contributed by atoms with Gasteiger partial charge in [-0.05, 0) is 31.6 Å². The third kappa shape index (κ3) is 1.84. The summed E-state index contributed by atoms with van der Waals surface area (Å²) in [6, 6.07) is 4.22. The molecule has 3 nitrogen and oxygen atoms in total. The van der Waals surface area contributed by atoms with E-state index in [4.69, 9.17) is 21.1 Å². The Bertz CT molecular complexity index is 615. The SMILES string of the molecule is COc1ccc2c3c1OC1C[C@H](Cl)C=C[C@@]31CCN(C)C2. The van der Waals surface area contributed by atoms with Crippen LogP contribution in [-0.4, -0.2) is 37.1 Å². The highest BCUT2D eigenvalue weighted by molar-refractivity contribution is 6.21. The van der Waals surface area contributed by atoms with Crippen LogP contribution in [0.1, 0.15) is 24.0 Å². The van der Waals surface area contributed by atoms with Crippen LogP contribution in [0.5, 0.6) is 11.5 Å². The summed E-state index contributed by atoms with van der Waals surface area (Å²) in [6.45, 7) is 2.02. The number of ether oxygens (including phenoxy) is 2. The zero-order valence-electron chi connectivity index (χ0n) is 12.4. The predicted octanol–water partition coefficient (Wildman–Crippen LogP) is 3.10. The second-order valence-corrected chi connectivity index (χ2v) is 6.94. The zero-order valence-corrected chi connectivity index (χ0v) is 13.2. The minimum absolute atomic E-state index is 0.0324. The molecule has 4 heteroatoms. The fourth-order valence-corrected chi connectivity index (χ4v) is 4.29. The second-order valence-electron chi connectivity index (χ2n) is 6.38. The highest BCUT2D eigenvalue weighted by Gasteiger charge is 2.52. The smallest absolute Gasteiger partial charge is 0.166 e. The third-order valence-corrected chi connectivity index (χ3v) is 5.44. The summed E-state index contributed by atoms with van der Waals surface area (Å²) < 4.78 is 11.9. The summed E-state index contributed by atoms with van der Waals surface area (Å²) in [4.78, 5) is 2.38. The average molecular weight is 306 g/mol. The van der Waals surface area contributed by atoms with Crippen molar-refractivity contribution in [1.82, 2.24) is 4.90 Å². The van der Waals surface area contributed by atoms with Gasteiger partial charge in [0.1, 0.15) is 6.10 Å². The molecule has 0 aromatic heterocycles. The third-order valence-electron chi connectivity index (χ3n) is 5.12. The van der Waals surface area contributed by atoms with Crippen molar-refractivity contribution in [3.63, 3.8) is 0 Å². The van der Waals surface area contributed by atoms with Gasteiger partial charge in [0.05, 0.1) is 17.9 Å². The van der Waals surface area contributed by atoms with Gasteiger partial charge in [0.2, 0.25) is 0 Å². The van der Waals surface area contributed by atoms with Crippen LogP contribution in [0.2, 0.25) is 0 Å². The summed E-state index contributed by atoms with van der Waals surface area (Å²) in [5.74, 6) is 1.78. The minimum atomic E-state index is -0.0324. The Morgan fingerprint density at radius 3 is 3.10 bits per heavy atom. The normalized spacial score (nSPS) is 33.9. The van der Waals surface area contributed by atoms with Crippen molar-refractivity contribution in [2.75, 3.05) is 20.7 Å². The molecule has 1 unspecified atom stereocenters. The van der Waals surface area contributed by atoms with Gasteiger partial charge in [-0.1, -0.05) is 18.2 Å². The van der Waals surface area contributed by atoms with Gasteiger partial charge >= 0.3 is 0 Å². The molecule has 1 aromatic carbocycles. The Labute approximate surface area is 130 Å². The van der Waals surface area contributed by atoms with Crippen molar-refractivity contribution in [3.05, 3.63) is 35.4 Å².